The van der Waals surface area contributed by atoms with Gasteiger partial charge in [-0.05, 0) is 40.8 Å². The first-order valence-corrected chi connectivity index (χ1v) is 4.43. The predicted molar refractivity (Wildman–Crippen MR) is 48.8 cm³/mol. The molecule has 2 heteroatoms. The van der Waals surface area contributed by atoms with Gasteiger partial charge in [-0.15, -0.1) is 0 Å². The fraction of sp³-hybridized carbons (Fsp3) is 1.00. The number of nitrogens with zero attached hydrogens (tertiary/aromatic N) is 1. The summed E-state index contributed by atoms with van der Waals surface area (Å²) in [6, 6.07) is 0.708. The zero-order valence-electron chi connectivity index (χ0n) is 8.15. The van der Waals surface area contributed by atoms with E-state index in [1.165, 1.54) is 19.5 Å². The molecule has 0 aromatic carbocycles. The molecule has 1 heterocycles. The van der Waals surface area contributed by atoms with Crippen LogP contribution in [0.3, 0.4) is 0 Å². The first kappa shape index (κ1) is 9.01. The topological polar surface area (TPSA) is 15.3 Å². The minimum Gasteiger partial charge on any atom is -0.308 e. The Morgan fingerprint density at radius 3 is 2.36 bits per heavy atom. The summed E-state index contributed by atoms with van der Waals surface area (Å²) in [6.45, 7) is 9.13. The van der Waals surface area contributed by atoms with E-state index in [1.807, 2.05) is 0 Å². The van der Waals surface area contributed by atoms with Gasteiger partial charge in [-0.25, -0.2) is 0 Å². The van der Waals surface area contributed by atoms with E-state index in [2.05, 4.69) is 38.0 Å². The zero-order chi connectivity index (χ0) is 8.48. The van der Waals surface area contributed by atoms with Gasteiger partial charge in [0.2, 0.25) is 0 Å². The number of rotatable bonds is 1. The van der Waals surface area contributed by atoms with Crippen molar-refractivity contribution >= 4 is 0 Å². The second-order valence-corrected chi connectivity index (χ2v) is 4.64. The normalized spacial score (nSPS) is 27.8. The smallest absolute Gasteiger partial charge is 0.0211 e. The van der Waals surface area contributed by atoms with Crippen LogP contribution < -0.4 is 5.32 Å². The van der Waals surface area contributed by atoms with Crippen LogP contribution in [-0.2, 0) is 0 Å². The van der Waals surface area contributed by atoms with E-state index in [1.54, 1.807) is 0 Å². The molecule has 1 aliphatic rings. The Balaban J connectivity index is 2.29. The SMILES string of the molecule is CN1CC[C@@H](NC(C)(C)C)C1. The maximum Gasteiger partial charge on any atom is 0.0211 e. The van der Waals surface area contributed by atoms with E-state index in [9.17, 15) is 0 Å². The van der Waals surface area contributed by atoms with E-state index in [-0.39, 0.29) is 5.54 Å². The molecule has 1 aliphatic heterocycles. The molecule has 1 N–H and O–H groups in total. The highest BCUT2D eigenvalue weighted by Crippen LogP contribution is 2.10. The van der Waals surface area contributed by atoms with Crippen molar-refractivity contribution in [2.45, 2.75) is 38.8 Å². The standard InChI is InChI=1S/C9H20N2/c1-9(2,3)10-8-5-6-11(4)7-8/h8,10H,5-7H2,1-4H3/t8-/m1/s1. The number of likely N-dealkylation sites (N-methyl/N-ethyl adjacent to an activating group) is 1. The summed E-state index contributed by atoms with van der Waals surface area (Å²) in [5.41, 5.74) is 0.274. The maximum atomic E-state index is 3.61. The summed E-state index contributed by atoms with van der Waals surface area (Å²) >= 11 is 0. The average molecular weight is 156 g/mol. The van der Waals surface area contributed by atoms with Gasteiger partial charge >= 0.3 is 0 Å². The Hall–Kier alpha value is -0.0800. The summed E-state index contributed by atoms with van der Waals surface area (Å²) < 4.78 is 0. The lowest BCUT2D eigenvalue weighted by molar-refractivity contribution is 0.343. The largest absolute Gasteiger partial charge is 0.308 e. The van der Waals surface area contributed by atoms with Gasteiger partial charge in [0.1, 0.15) is 0 Å². The zero-order valence-corrected chi connectivity index (χ0v) is 8.15. The van der Waals surface area contributed by atoms with E-state index in [4.69, 9.17) is 0 Å². The maximum absolute atomic E-state index is 3.61. The molecule has 0 aromatic heterocycles. The summed E-state index contributed by atoms with van der Waals surface area (Å²) in [6.07, 6.45) is 1.30. The van der Waals surface area contributed by atoms with Crippen LogP contribution >= 0.6 is 0 Å². The fourth-order valence-electron chi connectivity index (χ4n) is 1.67. The van der Waals surface area contributed by atoms with E-state index >= 15 is 0 Å². The van der Waals surface area contributed by atoms with Gasteiger partial charge in [-0.1, -0.05) is 0 Å². The lowest BCUT2D eigenvalue weighted by Gasteiger charge is -2.25. The Labute approximate surface area is 70.0 Å². The second kappa shape index (κ2) is 3.11. The molecule has 0 saturated carbocycles. The first-order chi connectivity index (χ1) is 4.97. The lowest BCUT2D eigenvalue weighted by atomic mass is 10.1. The van der Waals surface area contributed by atoms with Gasteiger partial charge in [0, 0.05) is 18.1 Å². The third kappa shape index (κ3) is 3.21. The Morgan fingerprint density at radius 1 is 1.36 bits per heavy atom. The molecule has 11 heavy (non-hydrogen) atoms. The fourth-order valence-corrected chi connectivity index (χ4v) is 1.67. The molecular formula is C9H20N2. The molecule has 2 nitrogen and oxygen atoms in total. The molecule has 0 unspecified atom stereocenters. The highest BCUT2D eigenvalue weighted by molar-refractivity contribution is 4.84. The van der Waals surface area contributed by atoms with Gasteiger partial charge in [0.05, 0.1) is 0 Å². The van der Waals surface area contributed by atoms with Gasteiger partial charge in [0.25, 0.3) is 0 Å². The quantitative estimate of drug-likeness (QED) is 0.611. The van der Waals surface area contributed by atoms with Crippen molar-refractivity contribution in [1.82, 2.24) is 10.2 Å². The van der Waals surface area contributed by atoms with Crippen LogP contribution in [0, 0.1) is 0 Å². The van der Waals surface area contributed by atoms with Crippen molar-refractivity contribution in [2.75, 3.05) is 20.1 Å². The van der Waals surface area contributed by atoms with E-state index in [0.29, 0.717) is 6.04 Å². The van der Waals surface area contributed by atoms with E-state index < -0.39 is 0 Å². The second-order valence-electron chi connectivity index (χ2n) is 4.64. The van der Waals surface area contributed by atoms with E-state index in [0.717, 1.165) is 0 Å². The minimum absolute atomic E-state index is 0.274. The summed E-state index contributed by atoms with van der Waals surface area (Å²) in [4.78, 5) is 2.38. The number of likely N-dealkylation sites (tertiary alicyclic amines) is 1. The highest BCUT2D eigenvalue weighted by Gasteiger charge is 2.23. The molecule has 1 rings (SSSR count). The predicted octanol–water partition coefficient (Wildman–Crippen LogP) is 1.08. The molecule has 1 saturated heterocycles. The van der Waals surface area contributed by atoms with Crippen molar-refractivity contribution in [2.24, 2.45) is 0 Å². The van der Waals surface area contributed by atoms with Gasteiger partial charge in [-0.2, -0.15) is 0 Å². The Kier molecular flexibility index (Phi) is 2.55. The van der Waals surface area contributed by atoms with Crippen LogP contribution in [0.5, 0.6) is 0 Å². The van der Waals surface area contributed by atoms with Crippen LogP contribution in [-0.4, -0.2) is 36.6 Å². The molecule has 0 aliphatic carbocycles. The summed E-state index contributed by atoms with van der Waals surface area (Å²) in [7, 11) is 2.18. The number of hydrogen-bond acceptors (Lipinski definition) is 2. The molecule has 0 amide bonds. The van der Waals surface area contributed by atoms with Crippen molar-refractivity contribution in [1.29, 1.82) is 0 Å². The third-order valence-electron chi connectivity index (χ3n) is 2.03. The van der Waals surface area contributed by atoms with Crippen LogP contribution in [0.1, 0.15) is 27.2 Å². The van der Waals surface area contributed by atoms with Crippen molar-refractivity contribution < 1.29 is 0 Å². The van der Waals surface area contributed by atoms with Crippen LogP contribution in [0.4, 0.5) is 0 Å². The average Bonchev–Trinajstić information content (AvgIpc) is 2.10. The Bertz CT molecular complexity index is 126. The van der Waals surface area contributed by atoms with Crippen molar-refractivity contribution in [3.05, 3.63) is 0 Å². The Morgan fingerprint density at radius 2 is 2.00 bits per heavy atom. The van der Waals surface area contributed by atoms with Gasteiger partial charge in [0.15, 0.2) is 0 Å². The van der Waals surface area contributed by atoms with Crippen molar-refractivity contribution in [3.63, 3.8) is 0 Å². The minimum atomic E-state index is 0.274. The van der Waals surface area contributed by atoms with Crippen molar-refractivity contribution in [3.8, 4) is 0 Å². The van der Waals surface area contributed by atoms with Crippen LogP contribution in [0.2, 0.25) is 0 Å². The molecule has 66 valence electrons. The van der Waals surface area contributed by atoms with Gasteiger partial charge < -0.3 is 10.2 Å². The molecule has 0 bridgehead atoms. The monoisotopic (exact) mass is 156 g/mol. The molecule has 0 spiro atoms. The number of hydrogen-bond donors (Lipinski definition) is 1. The van der Waals surface area contributed by atoms with Crippen LogP contribution in [0.15, 0.2) is 0 Å². The molecule has 1 atom stereocenters. The summed E-state index contributed by atoms with van der Waals surface area (Å²) in [5.74, 6) is 0. The van der Waals surface area contributed by atoms with Gasteiger partial charge in [-0.3, -0.25) is 0 Å². The summed E-state index contributed by atoms with van der Waals surface area (Å²) in [5, 5.41) is 3.61. The first-order valence-electron chi connectivity index (χ1n) is 4.43. The molecule has 1 fully saturated rings. The highest BCUT2D eigenvalue weighted by atomic mass is 15.2. The number of nitrogens with one attached hydrogen (secondary N) is 1. The van der Waals surface area contributed by atoms with Crippen LogP contribution in [0.25, 0.3) is 0 Å². The molecular weight excluding hydrogens is 136 g/mol. The molecule has 0 aromatic rings. The third-order valence-corrected chi connectivity index (χ3v) is 2.03. The lowest BCUT2D eigenvalue weighted by Crippen LogP contribution is -2.44. The molecule has 0 radical (unpaired) electrons.